The van der Waals surface area contributed by atoms with Crippen molar-refractivity contribution in [3.05, 3.63) is 70.2 Å². The number of halogens is 1. The molecule has 0 aliphatic rings. The molecule has 5 nitrogen and oxygen atoms in total. The lowest BCUT2D eigenvalue weighted by molar-refractivity contribution is -0.136. The first kappa shape index (κ1) is 19.1. The van der Waals surface area contributed by atoms with Gasteiger partial charge in [-0.1, -0.05) is 54.1 Å². The minimum atomic E-state index is -0.742. The molecule has 0 unspecified atom stereocenters. The van der Waals surface area contributed by atoms with E-state index in [-0.39, 0.29) is 0 Å². The Morgan fingerprint density at radius 1 is 1.04 bits per heavy atom. The molecule has 0 aliphatic carbocycles. The molecule has 0 spiro atoms. The molecule has 0 atom stereocenters. The standard InChI is InChI=1S/C20H18ClN3O2S/c1-13-17(27-20(23-13)14-7-3-2-4-8-14)11-12-22-18(25)19(26)24-16-10-6-5-9-15(16)21/h2-10H,11-12H2,1H3,(H,22,25)(H,24,26). The Balaban J connectivity index is 1.54. The first-order valence-electron chi connectivity index (χ1n) is 8.40. The zero-order chi connectivity index (χ0) is 19.2. The highest BCUT2D eigenvalue weighted by Gasteiger charge is 2.15. The lowest BCUT2D eigenvalue weighted by atomic mass is 10.2. The molecule has 1 aromatic heterocycles. The van der Waals surface area contributed by atoms with Crippen LogP contribution >= 0.6 is 22.9 Å². The van der Waals surface area contributed by atoms with Gasteiger partial charge in [-0.25, -0.2) is 4.98 Å². The first-order valence-corrected chi connectivity index (χ1v) is 9.59. The smallest absolute Gasteiger partial charge is 0.313 e. The Hall–Kier alpha value is -2.70. The van der Waals surface area contributed by atoms with Crippen LogP contribution in [0.15, 0.2) is 54.6 Å². The summed E-state index contributed by atoms with van der Waals surface area (Å²) in [7, 11) is 0. The largest absolute Gasteiger partial charge is 0.347 e. The van der Waals surface area contributed by atoms with Crippen LogP contribution in [-0.2, 0) is 16.0 Å². The quantitative estimate of drug-likeness (QED) is 0.635. The third-order valence-electron chi connectivity index (χ3n) is 3.88. The van der Waals surface area contributed by atoms with Crippen LogP contribution in [0.4, 0.5) is 5.69 Å². The highest BCUT2D eigenvalue weighted by molar-refractivity contribution is 7.15. The number of anilines is 1. The summed E-state index contributed by atoms with van der Waals surface area (Å²) in [5.74, 6) is -1.44. The van der Waals surface area contributed by atoms with Gasteiger partial charge in [0.1, 0.15) is 5.01 Å². The Labute approximate surface area is 166 Å². The molecule has 0 bridgehead atoms. The van der Waals surface area contributed by atoms with E-state index in [0.717, 1.165) is 21.1 Å². The molecule has 0 saturated carbocycles. The number of benzene rings is 2. The number of thiazole rings is 1. The van der Waals surface area contributed by atoms with Crippen LogP contribution < -0.4 is 10.6 Å². The average Bonchev–Trinajstić information content (AvgIpc) is 3.05. The van der Waals surface area contributed by atoms with Crippen molar-refractivity contribution >= 4 is 40.4 Å². The molecular weight excluding hydrogens is 382 g/mol. The van der Waals surface area contributed by atoms with Crippen molar-refractivity contribution in [3.63, 3.8) is 0 Å². The second-order valence-corrected chi connectivity index (χ2v) is 7.32. The van der Waals surface area contributed by atoms with Crippen molar-refractivity contribution in [3.8, 4) is 10.6 Å². The zero-order valence-electron chi connectivity index (χ0n) is 14.7. The number of para-hydroxylation sites is 1. The zero-order valence-corrected chi connectivity index (χ0v) is 16.2. The van der Waals surface area contributed by atoms with Crippen LogP contribution in [-0.4, -0.2) is 23.3 Å². The predicted octanol–water partition coefficient (Wildman–Crippen LogP) is 4.07. The molecular formula is C20H18ClN3O2S. The van der Waals surface area contributed by atoms with E-state index in [4.69, 9.17) is 11.6 Å². The minimum absolute atomic E-state index is 0.353. The molecule has 27 heavy (non-hydrogen) atoms. The monoisotopic (exact) mass is 399 g/mol. The number of nitrogens with one attached hydrogen (secondary N) is 2. The number of aryl methyl sites for hydroxylation is 1. The molecule has 0 saturated heterocycles. The van der Waals surface area contributed by atoms with Gasteiger partial charge in [-0.2, -0.15) is 0 Å². The third-order valence-corrected chi connectivity index (χ3v) is 5.48. The molecule has 2 aromatic carbocycles. The highest BCUT2D eigenvalue weighted by atomic mass is 35.5. The van der Waals surface area contributed by atoms with E-state index in [1.807, 2.05) is 37.3 Å². The van der Waals surface area contributed by atoms with Gasteiger partial charge in [0, 0.05) is 23.4 Å². The Kier molecular flexibility index (Phi) is 6.21. The number of amides is 2. The number of hydrogen-bond acceptors (Lipinski definition) is 4. The predicted molar refractivity (Wildman–Crippen MR) is 109 cm³/mol. The van der Waals surface area contributed by atoms with E-state index in [1.54, 1.807) is 35.6 Å². The van der Waals surface area contributed by atoms with Crippen LogP contribution in [0.3, 0.4) is 0 Å². The van der Waals surface area contributed by atoms with E-state index in [9.17, 15) is 9.59 Å². The Morgan fingerprint density at radius 2 is 1.74 bits per heavy atom. The van der Waals surface area contributed by atoms with Crippen molar-refractivity contribution < 1.29 is 9.59 Å². The summed E-state index contributed by atoms with van der Waals surface area (Å²) in [4.78, 5) is 29.6. The molecule has 0 aliphatic heterocycles. The molecule has 138 valence electrons. The summed E-state index contributed by atoms with van der Waals surface area (Å²) >= 11 is 7.57. The normalized spacial score (nSPS) is 10.4. The van der Waals surface area contributed by atoms with Crippen LogP contribution in [0, 0.1) is 6.92 Å². The van der Waals surface area contributed by atoms with Gasteiger partial charge in [0.2, 0.25) is 0 Å². The number of carbonyl (C=O) groups excluding carboxylic acids is 2. The number of hydrogen-bond donors (Lipinski definition) is 2. The molecule has 0 fully saturated rings. The number of carbonyl (C=O) groups is 2. The van der Waals surface area contributed by atoms with Gasteiger partial charge in [0.25, 0.3) is 0 Å². The van der Waals surface area contributed by atoms with Gasteiger partial charge in [-0.05, 0) is 19.1 Å². The van der Waals surface area contributed by atoms with Crippen molar-refractivity contribution in [2.75, 3.05) is 11.9 Å². The van der Waals surface area contributed by atoms with E-state index in [0.29, 0.717) is 23.7 Å². The summed E-state index contributed by atoms with van der Waals surface area (Å²) in [6.07, 6.45) is 0.613. The number of nitrogens with zero attached hydrogens (tertiary/aromatic N) is 1. The molecule has 3 aromatic rings. The second kappa shape index (κ2) is 8.79. The fourth-order valence-electron chi connectivity index (χ4n) is 2.48. The number of aromatic nitrogens is 1. The van der Waals surface area contributed by atoms with E-state index < -0.39 is 11.8 Å². The Bertz CT molecular complexity index is 957. The summed E-state index contributed by atoms with van der Waals surface area (Å²) in [5.41, 5.74) is 2.42. The van der Waals surface area contributed by atoms with Crippen molar-refractivity contribution in [2.45, 2.75) is 13.3 Å². The van der Waals surface area contributed by atoms with Crippen LogP contribution in [0.5, 0.6) is 0 Å². The van der Waals surface area contributed by atoms with Gasteiger partial charge < -0.3 is 10.6 Å². The fourth-order valence-corrected chi connectivity index (χ4v) is 3.73. The van der Waals surface area contributed by atoms with Gasteiger partial charge in [-0.15, -0.1) is 11.3 Å². The van der Waals surface area contributed by atoms with Crippen molar-refractivity contribution in [1.29, 1.82) is 0 Å². The Morgan fingerprint density at radius 3 is 2.48 bits per heavy atom. The minimum Gasteiger partial charge on any atom is -0.347 e. The summed E-state index contributed by atoms with van der Waals surface area (Å²) in [5, 5.41) is 6.47. The summed E-state index contributed by atoms with van der Waals surface area (Å²) in [6.45, 7) is 2.30. The molecule has 1 heterocycles. The second-order valence-electron chi connectivity index (χ2n) is 5.83. The van der Waals surface area contributed by atoms with Crippen molar-refractivity contribution in [2.24, 2.45) is 0 Å². The van der Waals surface area contributed by atoms with Crippen molar-refractivity contribution in [1.82, 2.24) is 10.3 Å². The third kappa shape index (κ3) is 4.93. The first-order chi connectivity index (χ1) is 13.0. The van der Waals surface area contributed by atoms with Gasteiger partial charge in [-0.3, -0.25) is 9.59 Å². The van der Waals surface area contributed by atoms with Crippen LogP contribution in [0.1, 0.15) is 10.6 Å². The maximum Gasteiger partial charge on any atom is 0.313 e. The lowest BCUT2D eigenvalue weighted by Crippen LogP contribution is -2.36. The molecule has 7 heteroatoms. The highest BCUT2D eigenvalue weighted by Crippen LogP contribution is 2.27. The molecule has 2 amide bonds. The fraction of sp³-hybridized carbons (Fsp3) is 0.150. The lowest BCUT2D eigenvalue weighted by Gasteiger charge is -2.07. The maximum atomic E-state index is 12.0. The summed E-state index contributed by atoms with van der Waals surface area (Å²) < 4.78 is 0. The van der Waals surface area contributed by atoms with Gasteiger partial charge in [0.05, 0.1) is 16.4 Å². The van der Waals surface area contributed by atoms with Crippen LogP contribution in [0.25, 0.3) is 10.6 Å². The number of rotatable bonds is 5. The molecule has 2 N–H and O–H groups in total. The molecule has 3 rings (SSSR count). The van der Waals surface area contributed by atoms with Gasteiger partial charge >= 0.3 is 11.8 Å². The SMILES string of the molecule is Cc1nc(-c2ccccc2)sc1CCNC(=O)C(=O)Nc1ccccc1Cl. The molecule has 0 radical (unpaired) electrons. The van der Waals surface area contributed by atoms with Crippen LogP contribution in [0.2, 0.25) is 5.02 Å². The van der Waals surface area contributed by atoms with Gasteiger partial charge in [0.15, 0.2) is 0 Å². The average molecular weight is 400 g/mol. The maximum absolute atomic E-state index is 12.0. The van der Waals surface area contributed by atoms with E-state index >= 15 is 0 Å². The topological polar surface area (TPSA) is 71.1 Å². The van der Waals surface area contributed by atoms with E-state index in [1.165, 1.54) is 0 Å². The van der Waals surface area contributed by atoms with E-state index in [2.05, 4.69) is 15.6 Å². The summed E-state index contributed by atoms with van der Waals surface area (Å²) in [6, 6.07) is 16.7.